The Labute approximate surface area is 149 Å². The number of hydrogen-bond acceptors (Lipinski definition) is 5. The molecular weight excluding hydrogens is 388 g/mol. The van der Waals surface area contributed by atoms with Crippen LogP contribution in [0.5, 0.6) is 0 Å². The third kappa shape index (κ3) is 6.45. The summed E-state index contributed by atoms with van der Waals surface area (Å²) in [5.74, 6) is 0. The summed E-state index contributed by atoms with van der Waals surface area (Å²) in [6.45, 7) is 8.96. The van der Waals surface area contributed by atoms with Crippen LogP contribution in [0.1, 0.15) is 32.4 Å². The monoisotopic (exact) mass is 406 g/mol. The van der Waals surface area contributed by atoms with E-state index in [9.17, 15) is 4.79 Å². The van der Waals surface area contributed by atoms with Gasteiger partial charge in [0.25, 0.3) is 0 Å². The molecule has 0 radical (unpaired) electrons. The Hall–Kier alpha value is -1.18. The summed E-state index contributed by atoms with van der Waals surface area (Å²) >= 11 is 9.26. The highest BCUT2D eigenvalue weighted by Crippen LogP contribution is 2.27. The molecule has 8 heteroatoms. The van der Waals surface area contributed by atoms with Crippen molar-refractivity contribution in [2.75, 3.05) is 19.7 Å². The van der Waals surface area contributed by atoms with E-state index in [0.29, 0.717) is 29.5 Å². The molecule has 1 saturated heterocycles. The largest absolute Gasteiger partial charge is 0.444 e. The summed E-state index contributed by atoms with van der Waals surface area (Å²) in [5, 5.41) is 0.386. The van der Waals surface area contributed by atoms with Gasteiger partial charge in [0.15, 0.2) is 0 Å². The normalized spacial score (nSPS) is 18.0. The number of hydrogen-bond donors (Lipinski definition) is 0. The van der Waals surface area contributed by atoms with Gasteiger partial charge in [-0.25, -0.2) is 9.78 Å². The zero-order valence-electron chi connectivity index (χ0n) is 13.3. The topological polar surface area (TPSA) is 68.7 Å². The summed E-state index contributed by atoms with van der Waals surface area (Å²) < 4.78 is 11.8. The van der Waals surface area contributed by atoms with Crippen molar-refractivity contribution in [3.63, 3.8) is 0 Å². The first kappa shape index (κ1) is 19.9. The molecule has 1 amide bonds. The molecule has 1 unspecified atom stereocenters. The first-order valence-corrected chi connectivity index (χ1v) is 8.13. The fourth-order valence-corrected chi connectivity index (χ4v) is 2.79. The van der Waals surface area contributed by atoms with Crippen LogP contribution in [0.25, 0.3) is 0 Å². The number of rotatable bonds is 1. The molecule has 0 saturated carbocycles. The number of ether oxygens (including phenoxy) is 2. The molecule has 6 nitrogen and oxygen atoms in total. The van der Waals surface area contributed by atoms with Crippen LogP contribution in [0.2, 0.25) is 5.15 Å². The van der Waals surface area contributed by atoms with Crippen LogP contribution in [0, 0.1) is 0 Å². The number of aromatic nitrogens is 1. The molecule has 0 spiro atoms. The Bertz CT molecular complexity index is 531. The molecule has 1 aliphatic rings. The molecule has 1 atom stereocenters. The molecule has 0 aliphatic carbocycles. The fraction of sp³-hybridized carbons (Fsp3) is 0.533. The predicted molar refractivity (Wildman–Crippen MR) is 90.6 cm³/mol. The van der Waals surface area contributed by atoms with E-state index < -0.39 is 5.60 Å². The molecule has 1 fully saturated rings. The van der Waals surface area contributed by atoms with Crippen LogP contribution in [-0.4, -0.2) is 48.1 Å². The van der Waals surface area contributed by atoms with E-state index >= 15 is 0 Å². The third-order valence-electron chi connectivity index (χ3n) is 2.88. The SMILES string of the molecule is C=O.CC(C)(C)OC(=O)N1CCOC(c2cc(Cl)nc(Br)c2)C1. The van der Waals surface area contributed by atoms with Gasteiger partial charge in [-0.3, -0.25) is 0 Å². The number of carbonyl (C=O) groups is 2. The van der Waals surface area contributed by atoms with Gasteiger partial charge in [0.05, 0.1) is 13.2 Å². The molecular formula is C15H20BrClN2O4. The lowest BCUT2D eigenvalue weighted by Gasteiger charge is -2.34. The van der Waals surface area contributed by atoms with Crippen molar-refractivity contribution in [3.05, 3.63) is 27.5 Å². The lowest BCUT2D eigenvalue weighted by Crippen LogP contribution is -2.44. The van der Waals surface area contributed by atoms with Crippen molar-refractivity contribution >= 4 is 40.4 Å². The quantitative estimate of drug-likeness (QED) is 0.665. The first-order chi connectivity index (χ1) is 10.7. The van der Waals surface area contributed by atoms with Crippen molar-refractivity contribution in [1.29, 1.82) is 0 Å². The average molecular weight is 408 g/mol. The van der Waals surface area contributed by atoms with Crippen LogP contribution < -0.4 is 0 Å². The molecule has 0 bridgehead atoms. The Morgan fingerprint density at radius 1 is 1.48 bits per heavy atom. The number of nitrogens with zero attached hydrogens (tertiary/aromatic N) is 2. The van der Waals surface area contributed by atoms with Crippen molar-refractivity contribution in [3.8, 4) is 0 Å². The Balaban J connectivity index is 0.00000127. The Morgan fingerprint density at radius 2 is 2.13 bits per heavy atom. The molecule has 2 rings (SSSR count). The first-order valence-electron chi connectivity index (χ1n) is 6.96. The van der Waals surface area contributed by atoms with E-state index in [4.69, 9.17) is 25.9 Å². The second-order valence-electron chi connectivity index (χ2n) is 5.83. The van der Waals surface area contributed by atoms with Crippen LogP contribution in [0.3, 0.4) is 0 Å². The minimum atomic E-state index is -0.506. The zero-order valence-corrected chi connectivity index (χ0v) is 15.7. The average Bonchev–Trinajstić information content (AvgIpc) is 2.47. The van der Waals surface area contributed by atoms with E-state index in [1.165, 1.54) is 0 Å². The van der Waals surface area contributed by atoms with Crippen molar-refractivity contribution in [2.24, 2.45) is 0 Å². The van der Waals surface area contributed by atoms with Gasteiger partial charge in [-0.05, 0) is 54.4 Å². The Kier molecular flexibility index (Phi) is 7.44. The zero-order chi connectivity index (χ0) is 17.6. The van der Waals surface area contributed by atoms with Gasteiger partial charge in [0, 0.05) is 6.54 Å². The second-order valence-corrected chi connectivity index (χ2v) is 7.03. The smallest absolute Gasteiger partial charge is 0.410 e. The highest BCUT2D eigenvalue weighted by molar-refractivity contribution is 9.10. The Morgan fingerprint density at radius 3 is 2.70 bits per heavy atom. The minimum Gasteiger partial charge on any atom is -0.444 e. The number of amides is 1. The standard InChI is InChI=1S/C14H18BrClN2O3.CH2O/c1-14(2,3)21-13(19)18-4-5-20-10(8-18)9-6-11(15)17-12(16)7-9;1-2/h6-7,10H,4-5,8H2,1-3H3;1H2. The number of carbonyl (C=O) groups excluding carboxylic acids is 2. The highest BCUT2D eigenvalue weighted by Gasteiger charge is 2.29. The molecule has 1 aliphatic heterocycles. The van der Waals surface area contributed by atoms with Crippen LogP contribution >= 0.6 is 27.5 Å². The van der Waals surface area contributed by atoms with Gasteiger partial charge in [-0.15, -0.1) is 0 Å². The van der Waals surface area contributed by atoms with Crippen LogP contribution in [-0.2, 0) is 14.3 Å². The van der Waals surface area contributed by atoms with Crippen molar-refractivity contribution in [1.82, 2.24) is 9.88 Å². The fourth-order valence-electron chi connectivity index (χ4n) is 2.01. The maximum Gasteiger partial charge on any atom is 0.410 e. The molecule has 128 valence electrons. The van der Waals surface area contributed by atoms with E-state index in [2.05, 4.69) is 20.9 Å². The number of morpholine rings is 1. The lowest BCUT2D eigenvalue weighted by molar-refractivity contribution is -0.0980. The van der Waals surface area contributed by atoms with Crippen LogP contribution in [0.4, 0.5) is 4.79 Å². The maximum absolute atomic E-state index is 12.1. The summed E-state index contributed by atoms with van der Waals surface area (Å²) in [5.41, 5.74) is 0.378. The highest BCUT2D eigenvalue weighted by atomic mass is 79.9. The summed E-state index contributed by atoms with van der Waals surface area (Å²) in [6, 6.07) is 3.59. The predicted octanol–water partition coefficient (Wildman–Crippen LogP) is 3.62. The van der Waals surface area contributed by atoms with E-state index in [-0.39, 0.29) is 12.2 Å². The van der Waals surface area contributed by atoms with Gasteiger partial charge in [0.1, 0.15) is 28.3 Å². The molecule has 1 aromatic rings. The lowest BCUT2D eigenvalue weighted by atomic mass is 10.1. The van der Waals surface area contributed by atoms with Gasteiger partial charge in [0.2, 0.25) is 0 Å². The van der Waals surface area contributed by atoms with Gasteiger partial charge < -0.3 is 19.2 Å². The maximum atomic E-state index is 12.1. The number of halogens is 2. The van der Waals surface area contributed by atoms with E-state index in [1.54, 1.807) is 11.0 Å². The number of pyridine rings is 1. The van der Waals surface area contributed by atoms with Gasteiger partial charge in [-0.2, -0.15) is 0 Å². The van der Waals surface area contributed by atoms with Crippen molar-refractivity contribution < 1.29 is 19.1 Å². The second kappa shape index (κ2) is 8.61. The van der Waals surface area contributed by atoms with E-state index in [1.807, 2.05) is 33.6 Å². The minimum absolute atomic E-state index is 0.233. The van der Waals surface area contributed by atoms with Crippen molar-refractivity contribution in [2.45, 2.75) is 32.5 Å². The summed E-state index contributed by atoms with van der Waals surface area (Å²) in [4.78, 5) is 25.8. The van der Waals surface area contributed by atoms with E-state index in [0.717, 1.165) is 5.56 Å². The van der Waals surface area contributed by atoms with Gasteiger partial charge in [-0.1, -0.05) is 11.6 Å². The molecule has 0 aromatic carbocycles. The van der Waals surface area contributed by atoms with Crippen LogP contribution in [0.15, 0.2) is 16.7 Å². The summed E-state index contributed by atoms with van der Waals surface area (Å²) in [6.07, 6.45) is -0.557. The molecule has 0 N–H and O–H groups in total. The molecule has 2 heterocycles. The molecule has 1 aromatic heterocycles. The molecule has 23 heavy (non-hydrogen) atoms. The summed E-state index contributed by atoms with van der Waals surface area (Å²) in [7, 11) is 0. The van der Waals surface area contributed by atoms with Gasteiger partial charge >= 0.3 is 6.09 Å². The third-order valence-corrected chi connectivity index (χ3v) is 3.47.